The first kappa shape index (κ1) is 17.8. The quantitative estimate of drug-likeness (QED) is 0.739. The third-order valence-electron chi connectivity index (χ3n) is 4.09. The molecule has 1 atom stereocenters. The SMILES string of the molecule is CN(C)C(CNC(=O)c1ccnc(-n2ccnc2)c1)c1cccc(F)c1. The van der Waals surface area contributed by atoms with E-state index in [0.717, 1.165) is 5.56 Å². The summed E-state index contributed by atoms with van der Waals surface area (Å²) in [6.45, 7) is 0.359. The average molecular weight is 353 g/mol. The van der Waals surface area contributed by atoms with Crippen molar-refractivity contribution in [3.63, 3.8) is 0 Å². The summed E-state index contributed by atoms with van der Waals surface area (Å²) in [6.07, 6.45) is 6.61. The zero-order valence-electron chi connectivity index (χ0n) is 14.6. The summed E-state index contributed by atoms with van der Waals surface area (Å²) in [5.41, 5.74) is 1.31. The lowest BCUT2D eigenvalue weighted by atomic mass is 10.1. The van der Waals surface area contributed by atoms with Gasteiger partial charge in [0.05, 0.1) is 6.04 Å². The molecule has 2 aromatic heterocycles. The van der Waals surface area contributed by atoms with Crippen LogP contribution in [0.1, 0.15) is 22.0 Å². The maximum Gasteiger partial charge on any atom is 0.251 e. The predicted molar refractivity (Wildman–Crippen MR) is 96.5 cm³/mol. The second-order valence-electron chi connectivity index (χ2n) is 6.12. The smallest absolute Gasteiger partial charge is 0.251 e. The summed E-state index contributed by atoms with van der Waals surface area (Å²) in [5.74, 6) is 0.112. The van der Waals surface area contributed by atoms with Gasteiger partial charge in [0.1, 0.15) is 18.0 Å². The third-order valence-corrected chi connectivity index (χ3v) is 4.09. The molecule has 134 valence electrons. The Balaban J connectivity index is 1.72. The molecule has 1 N–H and O–H groups in total. The van der Waals surface area contributed by atoms with Crippen molar-refractivity contribution in [2.24, 2.45) is 0 Å². The molecule has 6 nitrogen and oxygen atoms in total. The van der Waals surface area contributed by atoms with Gasteiger partial charge in [-0.1, -0.05) is 12.1 Å². The molecular weight excluding hydrogens is 333 g/mol. The third kappa shape index (κ3) is 4.12. The van der Waals surface area contributed by atoms with Crippen molar-refractivity contribution in [3.05, 3.63) is 78.3 Å². The largest absolute Gasteiger partial charge is 0.350 e. The minimum atomic E-state index is -0.292. The van der Waals surface area contributed by atoms with Gasteiger partial charge in [0.25, 0.3) is 5.91 Å². The number of pyridine rings is 1. The molecule has 0 spiro atoms. The lowest BCUT2D eigenvalue weighted by Crippen LogP contribution is -2.34. The van der Waals surface area contributed by atoms with Gasteiger partial charge < -0.3 is 10.2 Å². The number of nitrogens with one attached hydrogen (secondary N) is 1. The summed E-state index contributed by atoms with van der Waals surface area (Å²) in [6, 6.07) is 9.63. The second kappa shape index (κ2) is 7.88. The summed E-state index contributed by atoms with van der Waals surface area (Å²) in [5, 5.41) is 2.92. The van der Waals surface area contributed by atoms with Crippen LogP contribution in [-0.2, 0) is 0 Å². The number of halogens is 1. The van der Waals surface area contributed by atoms with Crippen molar-refractivity contribution in [2.75, 3.05) is 20.6 Å². The number of rotatable bonds is 6. The van der Waals surface area contributed by atoms with Gasteiger partial charge >= 0.3 is 0 Å². The number of carbonyl (C=O) groups excluding carboxylic acids is 1. The van der Waals surface area contributed by atoms with Crippen LogP contribution in [0.5, 0.6) is 0 Å². The Morgan fingerprint density at radius 1 is 1.27 bits per heavy atom. The van der Waals surface area contributed by atoms with Crippen LogP contribution in [0.4, 0.5) is 4.39 Å². The van der Waals surface area contributed by atoms with Crippen LogP contribution in [-0.4, -0.2) is 46.0 Å². The Labute approximate surface area is 151 Å². The Hall–Kier alpha value is -3.06. The first-order valence-corrected chi connectivity index (χ1v) is 8.19. The molecule has 0 aliphatic carbocycles. The molecule has 0 aliphatic heterocycles. The van der Waals surface area contributed by atoms with E-state index in [0.29, 0.717) is 17.9 Å². The number of amides is 1. The Morgan fingerprint density at radius 3 is 2.81 bits per heavy atom. The van der Waals surface area contributed by atoms with E-state index in [1.54, 1.807) is 47.7 Å². The van der Waals surface area contributed by atoms with Gasteiger partial charge in [-0.15, -0.1) is 0 Å². The van der Waals surface area contributed by atoms with Crippen molar-refractivity contribution >= 4 is 5.91 Å². The van der Waals surface area contributed by atoms with Crippen molar-refractivity contribution in [3.8, 4) is 5.82 Å². The van der Waals surface area contributed by atoms with Gasteiger partial charge in [-0.05, 0) is 43.9 Å². The Bertz CT molecular complexity index is 879. The molecule has 3 rings (SSSR count). The van der Waals surface area contributed by atoms with Gasteiger partial charge in [-0.3, -0.25) is 9.36 Å². The van der Waals surface area contributed by atoms with Crippen molar-refractivity contribution in [2.45, 2.75) is 6.04 Å². The number of hydrogen-bond acceptors (Lipinski definition) is 4. The predicted octanol–water partition coefficient (Wildman–Crippen LogP) is 2.44. The fourth-order valence-corrected chi connectivity index (χ4v) is 2.70. The zero-order valence-corrected chi connectivity index (χ0v) is 14.6. The van der Waals surface area contributed by atoms with Crippen LogP contribution in [0, 0.1) is 5.82 Å². The van der Waals surface area contributed by atoms with Crippen molar-refractivity contribution in [1.29, 1.82) is 0 Å². The minimum absolute atomic E-state index is 0.135. The highest BCUT2D eigenvalue weighted by Gasteiger charge is 2.17. The normalized spacial score (nSPS) is 12.2. The summed E-state index contributed by atoms with van der Waals surface area (Å²) >= 11 is 0. The molecule has 0 fully saturated rings. The molecule has 0 radical (unpaired) electrons. The first-order chi connectivity index (χ1) is 12.5. The van der Waals surface area contributed by atoms with Crippen LogP contribution >= 0.6 is 0 Å². The Kier molecular flexibility index (Phi) is 5.38. The second-order valence-corrected chi connectivity index (χ2v) is 6.12. The summed E-state index contributed by atoms with van der Waals surface area (Å²) in [7, 11) is 3.79. The van der Waals surface area contributed by atoms with E-state index >= 15 is 0 Å². The molecule has 2 heterocycles. The molecule has 0 saturated carbocycles. The molecule has 0 aliphatic rings. The van der Waals surface area contributed by atoms with Crippen LogP contribution in [0.2, 0.25) is 0 Å². The number of nitrogens with zero attached hydrogens (tertiary/aromatic N) is 4. The maximum absolute atomic E-state index is 13.5. The number of benzene rings is 1. The van der Waals surface area contributed by atoms with Crippen molar-refractivity contribution < 1.29 is 9.18 Å². The van der Waals surface area contributed by atoms with E-state index in [4.69, 9.17) is 0 Å². The van der Waals surface area contributed by atoms with E-state index in [1.165, 1.54) is 12.1 Å². The van der Waals surface area contributed by atoms with E-state index in [2.05, 4.69) is 15.3 Å². The zero-order chi connectivity index (χ0) is 18.5. The Morgan fingerprint density at radius 2 is 2.12 bits per heavy atom. The maximum atomic E-state index is 13.5. The topological polar surface area (TPSA) is 63.1 Å². The molecule has 0 saturated heterocycles. The van der Waals surface area contributed by atoms with Gasteiger partial charge in [0.15, 0.2) is 0 Å². The standard InChI is InChI=1S/C19H20FN5O/c1-24(2)17(14-4-3-5-16(20)10-14)12-23-19(26)15-6-7-22-18(11-15)25-9-8-21-13-25/h3-11,13,17H,12H2,1-2H3,(H,23,26). The molecule has 1 unspecified atom stereocenters. The molecule has 26 heavy (non-hydrogen) atoms. The molecular formula is C19H20FN5O. The molecule has 1 aromatic carbocycles. The van der Waals surface area contributed by atoms with Gasteiger partial charge in [0, 0.05) is 30.7 Å². The van der Waals surface area contributed by atoms with E-state index < -0.39 is 0 Å². The van der Waals surface area contributed by atoms with Gasteiger partial charge in [-0.25, -0.2) is 14.4 Å². The minimum Gasteiger partial charge on any atom is -0.350 e. The fraction of sp³-hybridized carbons (Fsp3) is 0.211. The first-order valence-electron chi connectivity index (χ1n) is 8.19. The van der Waals surface area contributed by atoms with Crippen LogP contribution < -0.4 is 5.32 Å². The summed E-state index contributed by atoms with van der Waals surface area (Å²) < 4.78 is 15.2. The molecule has 1 amide bonds. The summed E-state index contributed by atoms with van der Waals surface area (Å²) in [4.78, 5) is 22.7. The lowest BCUT2D eigenvalue weighted by molar-refractivity contribution is 0.0941. The van der Waals surface area contributed by atoms with Gasteiger partial charge in [-0.2, -0.15) is 0 Å². The number of imidazole rings is 1. The lowest BCUT2D eigenvalue weighted by Gasteiger charge is -2.25. The van der Waals surface area contributed by atoms with Crippen LogP contribution in [0.3, 0.4) is 0 Å². The van der Waals surface area contributed by atoms with Crippen LogP contribution in [0.15, 0.2) is 61.3 Å². The fourth-order valence-electron chi connectivity index (χ4n) is 2.70. The van der Waals surface area contributed by atoms with Crippen molar-refractivity contribution in [1.82, 2.24) is 24.8 Å². The van der Waals surface area contributed by atoms with Crippen LogP contribution in [0.25, 0.3) is 5.82 Å². The van der Waals surface area contributed by atoms with E-state index in [9.17, 15) is 9.18 Å². The average Bonchev–Trinajstić information content (AvgIpc) is 3.16. The number of likely N-dealkylation sites (N-methyl/N-ethyl adjacent to an activating group) is 1. The monoisotopic (exact) mass is 353 g/mol. The highest BCUT2D eigenvalue weighted by molar-refractivity contribution is 5.94. The van der Waals surface area contributed by atoms with Gasteiger partial charge in [0.2, 0.25) is 0 Å². The van der Waals surface area contributed by atoms with E-state index in [-0.39, 0.29) is 17.8 Å². The number of hydrogen-bond donors (Lipinski definition) is 1. The number of carbonyl (C=O) groups is 1. The molecule has 0 bridgehead atoms. The van der Waals surface area contributed by atoms with E-state index in [1.807, 2.05) is 25.1 Å². The number of aromatic nitrogens is 3. The highest BCUT2D eigenvalue weighted by Crippen LogP contribution is 2.18. The highest BCUT2D eigenvalue weighted by atomic mass is 19.1. The molecule has 3 aromatic rings. The molecule has 7 heteroatoms.